The highest BCUT2D eigenvalue weighted by Crippen LogP contribution is 2.34. The lowest BCUT2D eigenvalue weighted by Crippen LogP contribution is -2.48. The first kappa shape index (κ1) is 23.8. The van der Waals surface area contributed by atoms with Crippen LogP contribution in [0.25, 0.3) is 22.3 Å². The summed E-state index contributed by atoms with van der Waals surface area (Å²) < 4.78 is 5.41. The van der Waals surface area contributed by atoms with Crippen LogP contribution in [-0.2, 0) is 17.8 Å². The highest BCUT2D eigenvalue weighted by atomic mass is 35.5. The van der Waals surface area contributed by atoms with Crippen LogP contribution in [0.1, 0.15) is 29.9 Å². The predicted molar refractivity (Wildman–Crippen MR) is 140 cm³/mol. The van der Waals surface area contributed by atoms with E-state index in [-0.39, 0.29) is 5.15 Å². The van der Waals surface area contributed by atoms with Gasteiger partial charge in [0.05, 0.1) is 18.1 Å². The summed E-state index contributed by atoms with van der Waals surface area (Å²) in [5, 5.41) is 0.275. The zero-order valence-corrected chi connectivity index (χ0v) is 21.4. The molecule has 2 fully saturated rings. The number of carbonyl (C=O) groups is 1. The molecule has 1 aromatic carbocycles. The highest BCUT2D eigenvalue weighted by molar-refractivity contribution is 6.31. The number of hydrogen-bond donors (Lipinski definition) is 1. The van der Waals surface area contributed by atoms with E-state index in [1.165, 1.54) is 11.9 Å². The fourth-order valence-electron chi connectivity index (χ4n) is 4.90. The number of hydrogen-bond acceptors (Lipinski definition) is 7. The molecule has 3 aromatic heterocycles. The maximum Gasteiger partial charge on any atom is 0.225 e. The van der Waals surface area contributed by atoms with E-state index < -0.39 is 0 Å². The van der Waals surface area contributed by atoms with Crippen molar-refractivity contribution in [1.29, 1.82) is 0 Å². The number of nitrogens with one attached hydrogen (secondary N) is 1. The van der Waals surface area contributed by atoms with Crippen LogP contribution in [0.3, 0.4) is 0 Å². The van der Waals surface area contributed by atoms with Gasteiger partial charge in [0, 0.05) is 62.5 Å². The summed E-state index contributed by atoms with van der Waals surface area (Å²) in [6.45, 7) is 4.31. The molecule has 1 aliphatic heterocycles. The van der Waals surface area contributed by atoms with Crippen molar-refractivity contribution in [3.63, 3.8) is 0 Å². The van der Waals surface area contributed by atoms with Gasteiger partial charge in [0.1, 0.15) is 17.8 Å². The number of benzene rings is 1. The molecule has 1 N–H and O–H groups in total. The molecular weight excluding hydrogens is 490 g/mol. The van der Waals surface area contributed by atoms with Crippen LogP contribution in [0.15, 0.2) is 42.9 Å². The minimum Gasteiger partial charge on any atom is -0.491 e. The van der Waals surface area contributed by atoms with E-state index in [2.05, 4.69) is 37.0 Å². The summed E-state index contributed by atoms with van der Waals surface area (Å²) in [6.07, 6.45) is 6.02. The monoisotopic (exact) mass is 517 g/mol. The third-order valence-corrected chi connectivity index (χ3v) is 7.28. The standard InChI is InChI=1S/C27H28ClN7O2/c1-37-25-24(30-16-31-26(25)28)19-4-5-21-22(13-19)33-23(32-21)14-20-12-17(6-7-29-20)15-34-8-10-35(11-9-34)27(36)18-2-3-18/h4-7,12-13,16,18H,2-3,8-11,14-15H2,1H3,(H,32,33). The fraction of sp³-hybridized carbons (Fsp3) is 0.370. The van der Waals surface area contributed by atoms with Crippen molar-refractivity contribution in [2.24, 2.45) is 5.92 Å². The Kier molecular flexibility index (Phi) is 6.48. The number of amides is 1. The van der Waals surface area contributed by atoms with E-state index in [4.69, 9.17) is 21.3 Å². The van der Waals surface area contributed by atoms with E-state index >= 15 is 0 Å². The molecule has 4 heterocycles. The number of pyridine rings is 1. The van der Waals surface area contributed by atoms with Crippen molar-refractivity contribution in [1.82, 2.24) is 34.7 Å². The van der Waals surface area contributed by atoms with E-state index in [0.717, 1.165) is 73.7 Å². The van der Waals surface area contributed by atoms with Gasteiger partial charge in [0.25, 0.3) is 0 Å². The number of nitrogens with zero attached hydrogens (tertiary/aromatic N) is 6. The summed E-state index contributed by atoms with van der Waals surface area (Å²) in [4.78, 5) is 37.9. The number of aromatic nitrogens is 5. The minimum absolute atomic E-state index is 0.275. The normalized spacial score (nSPS) is 16.3. The van der Waals surface area contributed by atoms with Gasteiger partial charge >= 0.3 is 0 Å². The first-order valence-corrected chi connectivity index (χ1v) is 12.9. The smallest absolute Gasteiger partial charge is 0.225 e. The molecule has 1 saturated heterocycles. The molecule has 0 atom stereocenters. The molecule has 10 heteroatoms. The number of halogens is 1. The predicted octanol–water partition coefficient (Wildman–Crippen LogP) is 3.72. The van der Waals surface area contributed by atoms with Crippen molar-refractivity contribution in [3.8, 4) is 17.0 Å². The Balaban J connectivity index is 1.13. The average molecular weight is 518 g/mol. The Morgan fingerprint density at radius 1 is 1.11 bits per heavy atom. The quantitative estimate of drug-likeness (QED) is 0.373. The first-order chi connectivity index (χ1) is 18.1. The molecule has 6 rings (SSSR count). The Hall–Kier alpha value is -3.56. The van der Waals surface area contributed by atoms with E-state index in [1.807, 2.05) is 29.3 Å². The van der Waals surface area contributed by atoms with Gasteiger partial charge in [0.15, 0.2) is 10.9 Å². The van der Waals surface area contributed by atoms with Crippen LogP contribution < -0.4 is 4.74 Å². The zero-order valence-electron chi connectivity index (χ0n) is 20.7. The molecule has 1 saturated carbocycles. The van der Waals surface area contributed by atoms with Crippen molar-refractivity contribution in [2.75, 3.05) is 33.3 Å². The van der Waals surface area contributed by atoms with Gasteiger partial charge in [0.2, 0.25) is 5.91 Å². The number of ether oxygens (including phenoxy) is 1. The molecule has 2 aliphatic rings. The molecular formula is C27H28ClN7O2. The largest absolute Gasteiger partial charge is 0.491 e. The Morgan fingerprint density at radius 3 is 2.73 bits per heavy atom. The van der Waals surface area contributed by atoms with Crippen molar-refractivity contribution in [2.45, 2.75) is 25.8 Å². The molecule has 37 heavy (non-hydrogen) atoms. The minimum atomic E-state index is 0.275. The van der Waals surface area contributed by atoms with Crippen LogP contribution in [0.2, 0.25) is 5.15 Å². The second kappa shape index (κ2) is 10.1. The molecule has 0 spiro atoms. The molecule has 1 aliphatic carbocycles. The number of imidazole rings is 1. The van der Waals surface area contributed by atoms with Crippen molar-refractivity contribution < 1.29 is 9.53 Å². The van der Waals surface area contributed by atoms with Crippen molar-refractivity contribution in [3.05, 3.63) is 65.1 Å². The Labute approximate surface area is 219 Å². The molecule has 0 unspecified atom stereocenters. The SMILES string of the molecule is COc1c(Cl)ncnc1-c1ccc2nc(Cc3cc(CN4CCN(C(=O)C5CC5)CC4)ccn3)[nH]c2c1. The maximum absolute atomic E-state index is 12.3. The third kappa shape index (κ3) is 5.14. The average Bonchev–Trinajstić information content (AvgIpc) is 3.68. The van der Waals surface area contributed by atoms with Gasteiger partial charge < -0.3 is 14.6 Å². The van der Waals surface area contributed by atoms with Crippen LogP contribution in [0.4, 0.5) is 0 Å². The second-order valence-corrected chi connectivity index (χ2v) is 10.0. The van der Waals surface area contributed by atoms with Gasteiger partial charge in [-0.3, -0.25) is 14.7 Å². The summed E-state index contributed by atoms with van der Waals surface area (Å²) in [6, 6.07) is 10.1. The lowest BCUT2D eigenvalue weighted by atomic mass is 10.1. The van der Waals surface area contributed by atoms with E-state index in [9.17, 15) is 4.79 Å². The van der Waals surface area contributed by atoms with Crippen LogP contribution >= 0.6 is 11.6 Å². The van der Waals surface area contributed by atoms with Gasteiger partial charge in [-0.15, -0.1) is 0 Å². The number of carbonyl (C=O) groups excluding carboxylic acids is 1. The fourth-order valence-corrected chi connectivity index (χ4v) is 5.11. The van der Waals surface area contributed by atoms with Gasteiger partial charge in [-0.2, -0.15) is 0 Å². The second-order valence-electron chi connectivity index (χ2n) is 9.67. The Morgan fingerprint density at radius 2 is 1.95 bits per heavy atom. The van der Waals surface area contributed by atoms with Crippen molar-refractivity contribution >= 4 is 28.5 Å². The summed E-state index contributed by atoms with van der Waals surface area (Å²) in [7, 11) is 1.55. The number of piperazine rings is 1. The number of methoxy groups -OCH3 is 1. The first-order valence-electron chi connectivity index (χ1n) is 12.6. The molecule has 190 valence electrons. The van der Waals surface area contributed by atoms with Gasteiger partial charge in [-0.1, -0.05) is 17.7 Å². The highest BCUT2D eigenvalue weighted by Gasteiger charge is 2.34. The number of fused-ring (bicyclic) bond motifs is 1. The topological polar surface area (TPSA) is 100 Å². The maximum atomic E-state index is 12.3. The van der Waals surface area contributed by atoms with E-state index in [1.54, 1.807) is 7.11 Å². The van der Waals surface area contributed by atoms with Crippen LogP contribution in [-0.4, -0.2) is 73.9 Å². The number of rotatable bonds is 7. The van der Waals surface area contributed by atoms with Crippen LogP contribution in [0.5, 0.6) is 5.75 Å². The lowest BCUT2D eigenvalue weighted by molar-refractivity contribution is -0.134. The number of aromatic amines is 1. The lowest BCUT2D eigenvalue weighted by Gasteiger charge is -2.35. The summed E-state index contributed by atoms with van der Waals surface area (Å²) in [5.41, 5.74) is 5.45. The van der Waals surface area contributed by atoms with Gasteiger partial charge in [-0.25, -0.2) is 15.0 Å². The summed E-state index contributed by atoms with van der Waals surface area (Å²) >= 11 is 6.18. The summed E-state index contributed by atoms with van der Waals surface area (Å²) in [5.74, 6) is 1.94. The molecule has 0 bridgehead atoms. The molecule has 0 radical (unpaired) electrons. The third-order valence-electron chi connectivity index (χ3n) is 7.02. The van der Waals surface area contributed by atoms with E-state index in [0.29, 0.717) is 29.7 Å². The molecule has 4 aromatic rings. The van der Waals surface area contributed by atoms with Crippen LogP contribution in [0, 0.1) is 5.92 Å². The molecule has 1 amide bonds. The van der Waals surface area contributed by atoms with Gasteiger partial charge in [-0.05, 0) is 42.7 Å². The zero-order chi connectivity index (χ0) is 25.4. The number of H-pyrrole nitrogens is 1. The Bertz CT molecular complexity index is 1440. The molecule has 9 nitrogen and oxygen atoms in total.